The monoisotopic (exact) mass is 308 g/mol. The topological polar surface area (TPSA) is 96.3 Å². The maximum absolute atomic E-state index is 12.1. The molecule has 0 spiro atoms. The highest BCUT2D eigenvalue weighted by molar-refractivity contribution is 7.92. The Labute approximate surface area is 123 Å². The number of hydrogen-bond donors (Lipinski definition) is 1. The highest BCUT2D eigenvalue weighted by Gasteiger charge is 2.34. The zero-order valence-corrected chi connectivity index (χ0v) is 12.2. The van der Waals surface area contributed by atoms with Crippen LogP contribution in [0.15, 0.2) is 24.3 Å². The van der Waals surface area contributed by atoms with Gasteiger partial charge < -0.3 is 10.1 Å². The number of nitrogens with zero attached hydrogens (tertiary/aromatic N) is 1. The molecule has 1 atom stereocenters. The Morgan fingerprint density at radius 1 is 1.43 bits per heavy atom. The smallest absolute Gasteiger partial charge is 0.242 e. The van der Waals surface area contributed by atoms with Crippen LogP contribution in [0.2, 0.25) is 0 Å². The first kappa shape index (κ1) is 15.3. The molecule has 0 radical (unpaired) electrons. The molecule has 1 saturated heterocycles. The van der Waals surface area contributed by atoms with Crippen LogP contribution in [0.25, 0.3) is 0 Å². The molecule has 1 N–H and O–H groups in total. The van der Waals surface area contributed by atoms with Crippen molar-refractivity contribution in [3.8, 4) is 11.8 Å². The first-order chi connectivity index (χ1) is 10.0. The summed E-state index contributed by atoms with van der Waals surface area (Å²) in [5, 5.41) is 10.1. The molecule has 1 aliphatic heterocycles. The second-order valence-electron chi connectivity index (χ2n) is 4.82. The number of carbonyl (C=O) groups is 1. The molecule has 21 heavy (non-hydrogen) atoms. The average Bonchev–Trinajstić information content (AvgIpc) is 2.45. The summed E-state index contributed by atoms with van der Waals surface area (Å²) >= 11 is 0. The normalized spacial score (nSPS) is 20.2. The van der Waals surface area contributed by atoms with Crippen LogP contribution in [0.5, 0.6) is 5.75 Å². The molecule has 1 amide bonds. The van der Waals surface area contributed by atoms with Crippen LogP contribution in [0, 0.1) is 11.3 Å². The van der Waals surface area contributed by atoms with E-state index in [0.717, 1.165) is 6.42 Å². The first-order valence-electron chi connectivity index (χ1n) is 6.65. The van der Waals surface area contributed by atoms with Gasteiger partial charge in [0.1, 0.15) is 17.1 Å². The third kappa shape index (κ3) is 3.95. The van der Waals surface area contributed by atoms with Crippen LogP contribution in [0.3, 0.4) is 0 Å². The van der Waals surface area contributed by atoms with Crippen molar-refractivity contribution in [1.29, 1.82) is 5.26 Å². The minimum absolute atomic E-state index is 0.0659. The Bertz CT molecular complexity index is 664. The van der Waals surface area contributed by atoms with E-state index in [-0.39, 0.29) is 12.4 Å². The second-order valence-corrected chi connectivity index (χ2v) is 7.12. The zero-order valence-electron chi connectivity index (χ0n) is 11.4. The standard InChI is InChI=1S/C14H16N2O4S/c15-7-8-20-12-5-3-4-11(10-12)16-14(17)13-6-1-2-9-21(13,18)19/h3-5,10,13H,1-2,6,8-9H2,(H,16,17). The van der Waals surface area contributed by atoms with Crippen molar-refractivity contribution in [2.45, 2.75) is 24.5 Å². The van der Waals surface area contributed by atoms with Crippen molar-refractivity contribution in [3.63, 3.8) is 0 Å². The Kier molecular flexibility index (Phi) is 4.81. The van der Waals surface area contributed by atoms with Gasteiger partial charge in [-0.05, 0) is 25.0 Å². The summed E-state index contributed by atoms with van der Waals surface area (Å²) in [6.45, 7) is -0.0889. The Balaban J connectivity index is 2.07. The van der Waals surface area contributed by atoms with Gasteiger partial charge in [-0.2, -0.15) is 5.26 Å². The van der Waals surface area contributed by atoms with Crippen molar-refractivity contribution < 1.29 is 17.9 Å². The molecular formula is C14H16N2O4S. The number of rotatable bonds is 4. The molecule has 1 aromatic carbocycles. The molecule has 1 fully saturated rings. The molecule has 1 aromatic rings. The number of benzene rings is 1. The minimum Gasteiger partial charge on any atom is -0.479 e. The summed E-state index contributed by atoms with van der Waals surface area (Å²) < 4.78 is 28.9. The number of hydrogen-bond acceptors (Lipinski definition) is 5. The largest absolute Gasteiger partial charge is 0.479 e. The van der Waals surface area contributed by atoms with E-state index in [0.29, 0.717) is 24.3 Å². The van der Waals surface area contributed by atoms with Gasteiger partial charge in [0, 0.05) is 11.8 Å². The van der Waals surface area contributed by atoms with Crippen molar-refractivity contribution >= 4 is 21.4 Å². The maximum Gasteiger partial charge on any atom is 0.242 e. The number of nitrogens with one attached hydrogen (secondary N) is 1. The highest BCUT2D eigenvalue weighted by atomic mass is 32.2. The van der Waals surface area contributed by atoms with Crippen LogP contribution < -0.4 is 10.1 Å². The number of nitriles is 1. The summed E-state index contributed by atoms with van der Waals surface area (Å²) in [7, 11) is -3.35. The quantitative estimate of drug-likeness (QED) is 0.909. The van der Waals surface area contributed by atoms with Crippen LogP contribution in [0.4, 0.5) is 5.69 Å². The van der Waals surface area contributed by atoms with Crippen molar-refractivity contribution in [1.82, 2.24) is 0 Å². The number of amides is 1. The van der Waals surface area contributed by atoms with Crippen molar-refractivity contribution in [2.75, 3.05) is 17.7 Å². The summed E-state index contributed by atoms with van der Waals surface area (Å²) in [5.41, 5.74) is 0.455. The van der Waals surface area contributed by atoms with Gasteiger partial charge in [-0.15, -0.1) is 0 Å². The van der Waals surface area contributed by atoms with E-state index in [1.165, 1.54) is 0 Å². The molecule has 0 saturated carbocycles. The van der Waals surface area contributed by atoms with Crippen LogP contribution in [-0.2, 0) is 14.6 Å². The zero-order chi connectivity index (χ0) is 15.3. The minimum atomic E-state index is -3.35. The average molecular weight is 308 g/mol. The predicted octanol–water partition coefficient (Wildman–Crippen LogP) is 1.49. The Morgan fingerprint density at radius 3 is 2.95 bits per heavy atom. The fourth-order valence-electron chi connectivity index (χ4n) is 2.25. The lowest BCUT2D eigenvalue weighted by molar-refractivity contribution is -0.116. The summed E-state index contributed by atoms with van der Waals surface area (Å²) in [4.78, 5) is 12.1. The maximum atomic E-state index is 12.1. The van der Waals surface area contributed by atoms with Crippen molar-refractivity contribution in [3.05, 3.63) is 24.3 Å². The first-order valence-corrected chi connectivity index (χ1v) is 8.37. The number of ether oxygens (including phenoxy) is 1. The third-order valence-corrected chi connectivity index (χ3v) is 5.45. The predicted molar refractivity (Wildman–Crippen MR) is 77.6 cm³/mol. The third-order valence-electron chi connectivity index (χ3n) is 3.28. The highest BCUT2D eigenvalue weighted by Crippen LogP contribution is 2.22. The van der Waals surface area contributed by atoms with Crippen LogP contribution in [0.1, 0.15) is 19.3 Å². The molecular weight excluding hydrogens is 292 g/mol. The molecule has 1 heterocycles. The molecule has 1 unspecified atom stereocenters. The van der Waals surface area contributed by atoms with E-state index in [2.05, 4.69) is 5.32 Å². The second kappa shape index (κ2) is 6.59. The SMILES string of the molecule is N#CCOc1cccc(NC(=O)C2CCCCS2(=O)=O)c1. The van der Waals surface area contributed by atoms with E-state index < -0.39 is 21.0 Å². The van der Waals surface area contributed by atoms with E-state index in [1.54, 1.807) is 24.3 Å². The number of carbonyl (C=O) groups excluding carboxylic acids is 1. The molecule has 7 heteroatoms. The lowest BCUT2D eigenvalue weighted by Gasteiger charge is -2.21. The van der Waals surface area contributed by atoms with Gasteiger partial charge in [0.15, 0.2) is 16.4 Å². The van der Waals surface area contributed by atoms with Crippen molar-refractivity contribution in [2.24, 2.45) is 0 Å². The van der Waals surface area contributed by atoms with Gasteiger partial charge in [-0.1, -0.05) is 12.5 Å². The molecule has 0 aromatic heterocycles. The van der Waals surface area contributed by atoms with Gasteiger partial charge in [-0.3, -0.25) is 4.79 Å². The van der Waals surface area contributed by atoms with E-state index >= 15 is 0 Å². The lowest BCUT2D eigenvalue weighted by Crippen LogP contribution is -2.39. The lowest BCUT2D eigenvalue weighted by atomic mass is 10.2. The van der Waals surface area contributed by atoms with E-state index in [9.17, 15) is 13.2 Å². The van der Waals surface area contributed by atoms with Gasteiger partial charge >= 0.3 is 0 Å². The number of sulfone groups is 1. The summed E-state index contributed by atoms with van der Waals surface area (Å²) in [5.74, 6) is 0.00383. The molecule has 1 aliphatic rings. The van der Waals surface area contributed by atoms with Gasteiger partial charge in [0.25, 0.3) is 0 Å². The summed E-state index contributed by atoms with van der Waals surface area (Å²) in [6, 6.07) is 8.38. The van der Waals surface area contributed by atoms with Crippen LogP contribution in [-0.4, -0.2) is 31.9 Å². The molecule has 2 rings (SSSR count). The van der Waals surface area contributed by atoms with Gasteiger partial charge in [-0.25, -0.2) is 8.42 Å². The fourth-order valence-corrected chi connectivity index (χ4v) is 4.05. The van der Waals surface area contributed by atoms with Gasteiger partial charge in [0.2, 0.25) is 5.91 Å². The molecule has 6 nitrogen and oxygen atoms in total. The van der Waals surface area contributed by atoms with E-state index in [4.69, 9.17) is 10.00 Å². The fraction of sp³-hybridized carbons (Fsp3) is 0.429. The number of anilines is 1. The van der Waals surface area contributed by atoms with Crippen LogP contribution >= 0.6 is 0 Å². The van der Waals surface area contributed by atoms with E-state index in [1.807, 2.05) is 6.07 Å². The molecule has 0 aliphatic carbocycles. The molecule has 112 valence electrons. The Hall–Kier alpha value is -2.07. The molecule has 0 bridgehead atoms. The summed E-state index contributed by atoms with van der Waals surface area (Å²) in [6.07, 6.45) is 1.71. The van der Waals surface area contributed by atoms with Gasteiger partial charge in [0.05, 0.1) is 5.75 Å². The Morgan fingerprint density at radius 2 is 2.24 bits per heavy atom.